The van der Waals surface area contributed by atoms with Crippen molar-refractivity contribution in [2.75, 3.05) is 18.5 Å². The molecule has 0 radical (unpaired) electrons. The number of pyridine rings is 1. The van der Waals surface area contributed by atoms with Gasteiger partial charge in [-0.1, -0.05) is 0 Å². The van der Waals surface area contributed by atoms with Crippen molar-refractivity contribution in [1.29, 1.82) is 0 Å². The molecule has 1 aromatic carbocycles. The summed E-state index contributed by atoms with van der Waals surface area (Å²) in [6.07, 6.45) is 1.33. The van der Waals surface area contributed by atoms with Crippen molar-refractivity contribution in [1.82, 2.24) is 14.1 Å². The normalized spacial score (nSPS) is 10.8. The van der Waals surface area contributed by atoms with Gasteiger partial charge in [-0.05, 0) is 32.0 Å². The van der Waals surface area contributed by atoms with E-state index >= 15 is 0 Å². The highest BCUT2D eigenvalue weighted by Crippen LogP contribution is 2.30. The van der Waals surface area contributed by atoms with E-state index in [4.69, 9.17) is 9.47 Å². The van der Waals surface area contributed by atoms with Crippen molar-refractivity contribution in [3.63, 3.8) is 0 Å². The van der Waals surface area contributed by atoms with Crippen LogP contribution in [-0.4, -0.2) is 33.2 Å². The van der Waals surface area contributed by atoms with E-state index in [1.54, 1.807) is 18.2 Å². The van der Waals surface area contributed by atoms with E-state index < -0.39 is 17.2 Å². The van der Waals surface area contributed by atoms with Crippen molar-refractivity contribution in [2.24, 2.45) is 14.1 Å². The lowest BCUT2D eigenvalue weighted by Crippen LogP contribution is -2.37. The fraction of sp³-hybridized carbons (Fsp3) is 0.300. The van der Waals surface area contributed by atoms with Crippen molar-refractivity contribution in [3.05, 3.63) is 56.9 Å². The number of anilines is 1. The zero-order valence-corrected chi connectivity index (χ0v) is 16.7. The minimum atomic E-state index is -0.509. The average Bonchev–Trinajstić information content (AvgIpc) is 2.72. The first-order valence-corrected chi connectivity index (χ1v) is 9.14. The second-order valence-corrected chi connectivity index (χ2v) is 6.28. The predicted octanol–water partition coefficient (Wildman–Crippen LogP) is 1.68. The smallest absolute Gasteiger partial charge is 0.332 e. The van der Waals surface area contributed by atoms with Gasteiger partial charge in [0.05, 0.1) is 24.2 Å². The molecule has 0 atom stereocenters. The Morgan fingerprint density at radius 2 is 1.72 bits per heavy atom. The molecular weight excluding hydrogens is 376 g/mol. The molecule has 2 heterocycles. The number of carbonyl (C=O) groups excluding carboxylic acids is 1. The summed E-state index contributed by atoms with van der Waals surface area (Å²) in [6.45, 7) is 4.67. The third-order valence-corrected chi connectivity index (χ3v) is 4.36. The van der Waals surface area contributed by atoms with Gasteiger partial charge in [-0.2, -0.15) is 0 Å². The highest BCUT2D eigenvalue weighted by Gasteiger charge is 2.15. The van der Waals surface area contributed by atoms with Crippen LogP contribution in [0.1, 0.15) is 24.2 Å². The predicted molar refractivity (Wildman–Crippen MR) is 109 cm³/mol. The molecule has 9 nitrogen and oxygen atoms in total. The first-order valence-electron chi connectivity index (χ1n) is 9.14. The number of rotatable bonds is 6. The molecule has 29 heavy (non-hydrogen) atoms. The number of ether oxygens (including phenoxy) is 2. The third-order valence-electron chi connectivity index (χ3n) is 4.36. The molecule has 0 saturated heterocycles. The van der Waals surface area contributed by atoms with E-state index in [2.05, 4.69) is 10.3 Å². The third kappa shape index (κ3) is 3.84. The Morgan fingerprint density at radius 1 is 1.03 bits per heavy atom. The minimum Gasteiger partial charge on any atom is -0.490 e. The summed E-state index contributed by atoms with van der Waals surface area (Å²) >= 11 is 0. The Labute approximate surface area is 166 Å². The number of fused-ring (bicyclic) bond motifs is 1. The highest BCUT2D eigenvalue weighted by molar-refractivity contribution is 6.05. The van der Waals surface area contributed by atoms with Crippen LogP contribution in [0.4, 0.5) is 5.69 Å². The molecule has 0 aliphatic heterocycles. The summed E-state index contributed by atoms with van der Waals surface area (Å²) in [5.74, 6) is 0.665. The Morgan fingerprint density at radius 3 is 2.41 bits per heavy atom. The van der Waals surface area contributed by atoms with Crippen molar-refractivity contribution in [2.45, 2.75) is 13.8 Å². The molecule has 1 amide bonds. The van der Waals surface area contributed by atoms with Crippen molar-refractivity contribution >= 4 is 22.6 Å². The molecule has 0 bridgehead atoms. The second kappa shape index (κ2) is 8.17. The van der Waals surface area contributed by atoms with E-state index in [0.717, 1.165) is 4.57 Å². The lowest BCUT2D eigenvalue weighted by Gasteiger charge is -2.13. The van der Waals surface area contributed by atoms with Crippen LogP contribution in [0, 0.1) is 0 Å². The van der Waals surface area contributed by atoms with Crippen LogP contribution in [0.5, 0.6) is 11.5 Å². The Balaban J connectivity index is 1.95. The summed E-state index contributed by atoms with van der Waals surface area (Å²) in [6, 6.07) is 6.51. The number of amides is 1. The monoisotopic (exact) mass is 398 g/mol. The topological polar surface area (TPSA) is 104 Å². The van der Waals surface area contributed by atoms with E-state index in [1.807, 2.05) is 13.8 Å². The molecule has 0 spiro atoms. The van der Waals surface area contributed by atoms with Gasteiger partial charge < -0.3 is 14.8 Å². The van der Waals surface area contributed by atoms with Crippen molar-refractivity contribution < 1.29 is 14.3 Å². The fourth-order valence-corrected chi connectivity index (χ4v) is 2.92. The maximum atomic E-state index is 12.7. The Hall–Kier alpha value is -3.62. The molecule has 0 saturated carbocycles. The van der Waals surface area contributed by atoms with Gasteiger partial charge in [0.15, 0.2) is 11.5 Å². The number of nitrogens with one attached hydrogen (secondary N) is 1. The van der Waals surface area contributed by atoms with Crippen LogP contribution in [-0.2, 0) is 14.1 Å². The van der Waals surface area contributed by atoms with Crippen LogP contribution in [0.2, 0.25) is 0 Å². The van der Waals surface area contributed by atoms with Gasteiger partial charge in [0.25, 0.3) is 11.5 Å². The SMILES string of the molecule is CCOc1ccc(NC(=O)c2cnc3c(c2)c(=O)n(C)c(=O)n3C)cc1OCC. The molecule has 9 heteroatoms. The molecule has 0 aliphatic rings. The number of benzene rings is 1. The zero-order chi connectivity index (χ0) is 21.1. The van der Waals surface area contributed by atoms with Gasteiger partial charge in [-0.15, -0.1) is 0 Å². The Bertz CT molecular complexity index is 1200. The van der Waals surface area contributed by atoms with E-state index in [9.17, 15) is 14.4 Å². The van der Waals surface area contributed by atoms with Crippen LogP contribution in [0.3, 0.4) is 0 Å². The van der Waals surface area contributed by atoms with Crippen LogP contribution < -0.4 is 26.0 Å². The summed E-state index contributed by atoms with van der Waals surface area (Å²) in [7, 11) is 2.90. The number of aromatic nitrogens is 3. The number of carbonyl (C=O) groups is 1. The van der Waals surface area contributed by atoms with Gasteiger partial charge >= 0.3 is 5.69 Å². The highest BCUT2D eigenvalue weighted by atomic mass is 16.5. The summed E-state index contributed by atoms with van der Waals surface area (Å²) < 4.78 is 13.3. The molecule has 3 aromatic rings. The zero-order valence-electron chi connectivity index (χ0n) is 16.7. The molecule has 3 rings (SSSR count). The van der Waals surface area contributed by atoms with Gasteiger partial charge in [-0.3, -0.25) is 18.7 Å². The van der Waals surface area contributed by atoms with E-state index in [0.29, 0.717) is 30.4 Å². The van der Waals surface area contributed by atoms with Crippen LogP contribution >= 0.6 is 0 Å². The molecule has 0 fully saturated rings. The number of nitrogens with zero attached hydrogens (tertiary/aromatic N) is 3. The standard InChI is InChI=1S/C20H22N4O5/c1-5-28-15-8-7-13(10-16(15)29-6-2)22-18(25)12-9-14-17(21-11-12)23(3)20(27)24(4)19(14)26/h7-11H,5-6H2,1-4H3,(H,22,25). The largest absolute Gasteiger partial charge is 0.490 e. The van der Waals surface area contributed by atoms with Gasteiger partial charge in [0.1, 0.15) is 5.65 Å². The summed E-state index contributed by atoms with van der Waals surface area (Å²) in [4.78, 5) is 41.2. The van der Waals surface area contributed by atoms with Crippen LogP contribution in [0.25, 0.3) is 11.0 Å². The number of hydrogen-bond donors (Lipinski definition) is 1. The number of aryl methyl sites for hydroxylation is 1. The van der Waals surface area contributed by atoms with Gasteiger partial charge in [0, 0.05) is 32.0 Å². The quantitative estimate of drug-likeness (QED) is 0.677. The maximum Gasteiger partial charge on any atom is 0.332 e. The van der Waals surface area contributed by atoms with Gasteiger partial charge in [-0.25, -0.2) is 9.78 Å². The molecule has 2 aromatic heterocycles. The molecule has 0 unspecified atom stereocenters. The van der Waals surface area contributed by atoms with E-state index in [1.165, 1.54) is 30.9 Å². The average molecular weight is 398 g/mol. The first kappa shape index (κ1) is 20.1. The molecule has 1 N–H and O–H groups in total. The van der Waals surface area contributed by atoms with Crippen LogP contribution in [0.15, 0.2) is 40.1 Å². The Kier molecular flexibility index (Phi) is 5.67. The molecular formula is C20H22N4O5. The lowest BCUT2D eigenvalue weighted by molar-refractivity contribution is 0.102. The molecule has 0 aliphatic carbocycles. The first-order chi connectivity index (χ1) is 13.9. The summed E-state index contributed by atoms with van der Waals surface area (Å²) in [5, 5.41) is 2.94. The lowest BCUT2D eigenvalue weighted by atomic mass is 10.2. The maximum absolute atomic E-state index is 12.7. The van der Waals surface area contributed by atoms with Gasteiger partial charge in [0.2, 0.25) is 0 Å². The van der Waals surface area contributed by atoms with E-state index in [-0.39, 0.29) is 16.6 Å². The van der Waals surface area contributed by atoms with Crippen molar-refractivity contribution in [3.8, 4) is 11.5 Å². The fourth-order valence-electron chi connectivity index (χ4n) is 2.92. The minimum absolute atomic E-state index is 0.184. The number of hydrogen-bond acceptors (Lipinski definition) is 6. The summed E-state index contributed by atoms with van der Waals surface area (Å²) in [5.41, 5.74) is -0.0696. The molecule has 152 valence electrons. The second-order valence-electron chi connectivity index (χ2n) is 6.28.